The number of benzene rings is 1. The van der Waals surface area contributed by atoms with Gasteiger partial charge in [0.05, 0.1) is 6.10 Å². The molecule has 2 aliphatic heterocycles. The van der Waals surface area contributed by atoms with Crippen LogP contribution in [0.2, 0.25) is 0 Å². The molecule has 2 heterocycles. The van der Waals surface area contributed by atoms with Gasteiger partial charge in [-0.3, -0.25) is 9.59 Å². The van der Waals surface area contributed by atoms with Gasteiger partial charge in [-0.15, -0.1) is 0 Å². The van der Waals surface area contributed by atoms with E-state index in [1.807, 2.05) is 36.1 Å². The van der Waals surface area contributed by atoms with E-state index in [0.29, 0.717) is 18.9 Å². The summed E-state index contributed by atoms with van der Waals surface area (Å²) in [5, 5.41) is 2.95. The van der Waals surface area contributed by atoms with E-state index >= 15 is 0 Å². The van der Waals surface area contributed by atoms with Crippen molar-refractivity contribution in [1.29, 1.82) is 0 Å². The smallest absolute Gasteiger partial charge is 0.227 e. The summed E-state index contributed by atoms with van der Waals surface area (Å²) in [6.07, 6.45) is 3.90. The summed E-state index contributed by atoms with van der Waals surface area (Å²) in [5.74, 6) is 0.0953. The van der Waals surface area contributed by atoms with Crippen molar-refractivity contribution >= 4 is 17.5 Å². The van der Waals surface area contributed by atoms with E-state index in [9.17, 15) is 9.59 Å². The topological polar surface area (TPSA) is 58.6 Å². The lowest BCUT2D eigenvalue weighted by molar-refractivity contribution is -0.134. The van der Waals surface area contributed by atoms with Crippen LogP contribution < -0.4 is 5.32 Å². The Hall–Kier alpha value is -1.88. The molecule has 0 aliphatic carbocycles. The van der Waals surface area contributed by atoms with Gasteiger partial charge in [0.1, 0.15) is 0 Å². The third-order valence-electron chi connectivity index (χ3n) is 5.02. The van der Waals surface area contributed by atoms with Gasteiger partial charge in [-0.05, 0) is 44.2 Å². The third-order valence-corrected chi connectivity index (χ3v) is 5.02. The summed E-state index contributed by atoms with van der Waals surface area (Å²) in [6.45, 7) is 4.27. The average molecular weight is 330 g/mol. The first-order chi connectivity index (χ1) is 11.7. The van der Waals surface area contributed by atoms with Crippen LogP contribution >= 0.6 is 0 Å². The molecule has 1 aromatic carbocycles. The van der Waals surface area contributed by atoms with Gasteiger partial charge in [0.25, 0.3) is 0 Å². The van der Waals surface area contributed by atoms with Crippen LogP contribution in [0.1, 0.15) is 38.2 Å². The summed E-state index contributed by atoms with van der Waals surface area (Å²) in [6, 6.07) is 7.88. The van der Waals surface area contributed by atoms with Crippen molar-refractivity contribution in [3.8, 4) is 0 Å². The predicted octanol–water partition coefficient (Wildman–Crippen LogP) is 2.61. The standard InChI is InChI=1S/C19H26N2O3/c1-2-24-16-9-11-21(12-10-16)18(22)8-7-15-13-14-5-3-4-6-17(14)20-19(15)23/h3-6,15-16H,2,7-13H2,1H3,(H,20,23)/t15-/m1/s1. The Bertz CT molecular complexity index is 594. The number of likely N-dealkylation sites (tertiary alicyclic amines) is 1. The molecule has 0 aromatic heterocycles. The highest BCUT2D eigenvalue weighted by atomic mass is 16.5. The van der Waals surface area contributed by atoms with E-state index in [2.05, 4.69) is 5.32 Å². The second kappa shape index (κ2) is 7.79. The molecule has 130 valence electrons. The highest BCUT2D eigenvalue weighted by Gasteiger charge is 2.28. The van der Waals surface area contributed by atoms with Gasteiger partial charge < -0.3 is 15.0 Å². The van der Waals surface area contributed by atoms with E-state index in [1.165, 1.54) is 0 Å². The number of carbonyl (C=O) groups excluding carboxylic acids is 2. The van der Waals surface area contributed by atoms with E-state index in [0.717, 1.165) is 50.2 Å². The van der Waals surface area contributed by atoms with Crippen LogP contribution in [0.25, 0.3) is 0 Å². The van der Waals surface area contributed by atoms with Crippen LogP contribution in [-0.4, -0.2) is 42.5 Å². The fourth-order valence-corrected chi connectivity index (χ4v) is 3.61. The van der Waals surface area contributed by atoms with E-state index in [4.69, 9.17) is 4.74 Å². The van der Waals surface area contributed by atoms with Gasteiger partial charge in [-0.2, -0.15) is 0 Å². The number of fused-ring (bicyclic) bond motifs is 1. The molecular weight excluding hydrogens is 304 g/mol. The molecule has 1 N–H and O–H groups in total. The Morgan fingerprint density at radius 2 is 2.04 bits per heavy atom. The van der Waals surface area contributed by atoms with Gasteiger partial charge >= 0.3 is 0 Å². The summed E-state index contributed by atoms with van der Waals surface area (Å²) >= 11 is 0. The largest absolute Gasteiger partial charge is 0.378 e. The fraction of sp³-hybridized carbons (Fsp3) is 0.579. The summed E-state index contributed by atoms with van der Waals surface area (Å²) in [4.78, 5) is 26.5. The zero-order valence-electron chi connectivity index (χ0n) is 14.3. The maximum atomic E-state index is 12.4. The number of hydrogen-bond donors (Lipinski definition) is 1. The quantitative estimate of drug-likeness (QED) is 0.903. The zero-order chi connectivity index (χ0) is 16.9. The molecule has 1 saturated heterocycles. The average Bonchev–Trinajstić information content (AvgIpc) is 2.60. The van der Waals surface area contributed by atoms with Gasteiger partial charge in [0, 0.05) is 37.7 Å². The number of nitrogens with zero attached hydrogens (tertiary/aromatic N) is 1. The number of anilines is 1. The first-order valence-corrected chi connectivity index (χ1v) is 8.95. The number of para-hydroxylation sites is 1. The van der Waals surface area contributed by atoms with Crippen molar-refractivity contribution in [3.63, 3.8) is 0 Å². The van der Waals surface area contributed by atoms with Gasteiger partial charge in [-0.1, -0.05) is 18.2 Å². The summed E-state index contributed by atoms with van der Waals surface area (Å²) in [5.41, 5.74) is 2.06. The SMILES string of the molecule is CCOC1CCN(C(=O)CC[C@@H]2Cc3ccccc3NC2=O)CC1. The molecule has 0 spiro atoms. The molecule has 3 rings (SSSR count). The first kappa shape index (κ1) is 17.0. The van der Waals surface area contributed by atoms with Crippen LogP contribution in [-0.2, 0) is 20.7 Å². The highest BCUT2D eigenvalue weighted by Crippen LogP contribution is 2.28. The molecular formula is C19H26N2O3. The highest BCUT2D eigenvalue weighted by molar-refractivity contribution is 5.96. The second-order valence-corrected chi connectivity index (χ2v) is 6.62. The minimum absolute atomic E-state index is 0.0385. The van der Waals surface area contributed by atoms with Gasteiger partial charge in [0.2, 0.25) is 11.8 Å². The monoisotopic (exact) mass is 330 g/mol. The lowest BCUT2D eigenvalue weighted by Crippen LogP contribution is -2.41. The van der Waals surface area contributed by atoms with Crippen molar-refractivity contribution in [1.82, 2.24) is 4.90 Å². The number of piperidine rings is 1. The van der Waals surface area contributed by atoms with Crippen LogP contribution in [0.15, 0.2) is 24.3 Å². The third kappa shape index (κ3) is 3.96. The van der Waals surface area contributed by atoms with Crippen LogP contribution in [0.3, 0.4) is 0 Å². The van der Waals surface area contributed by atoms with Gasteiger partial charge in [0.15, 0.2) is 0 Å². The molecule has 5 nitrogen and oxygen atoms in total. The second-order valence-electron chi connectivity index (χ2n) is 6.62. The molecule has 1 aromatic rings. The molecule has 2 amide bonds. The number of rotatable bonds is 5. The first-order valence-electron chi connectivity index (χ1n) is 8.95. The minimum Gasteiger partial charge on any atom is -0.378 e. The fourth-order valence-electron chi connectivity index (χ4n) is 3.61. The summed E-state index contributed by atoms with van der Waals surface area (Å²) in [7, 11) is 0. The van der Waals surface area contributed by atoms with E-state index < -0.39 is 0 Å². The molecule has 1 atom stereocenters. The normalized spacial score (nSPS) is 21.3. The van der Waals surface area contributed by atoms with Crippen LogP contribution in [0, 0.1) is 5.92 Å². The Morgan fingerprint density at radius 1 is 1.29 bits per heavy atom. The van der Waals surface area contributed by atoms with Crippen LogP contribution in [0.5, 0.6) is 0 Å². The molecule has 0 radical (unpaired) electrons. The van der Waals surface area contributed by atoms with Crippen molar-refractivity contribution in [2.45, 2.75) is 45.1 Å². The van der Waals surface area contributed by atoms with Crippen molar-refractivity contribution in [2.75, 3.05) is 25.0 Å². The minimum atomic E-state index is -0.107. The van der Waals surface area contributed by atoms with Gasteiger partial charge in [-0.25, -0.2) is 0 Å². The van der Waals surface area contributed by atoms with E-state index in [-0.39, 0.29) is 17.7 Å². The Kier molecular flexibility index (Phi) is 5.51. The lowest BCUT2D eigenvalue weighted by Gasteiger charge is -2.32. The van der Waals surface area contributed by atoms with Crippen molar-refractivity contribution < 1.29 is 14.3 Å². The summed E-state index contributed by atoms with van der Waals surface area (Å²) < 4.78 is 5.62. The number of hydrogen-bond acceptors (Lipinski definition) is 3. The predicted molar refractivity (Wildman–Crippen MR) is 92.7 cm³/mol. The van der Waals surface area contributed by atoms with Crippen LogP contribution in [0.4, 0.5) is 5.69 Å². The molecule has 1 fully saturated rings. The number of carbonyl (C=O) groups is 2. The maximum Gasteiger partial charge on any atom is 0.227 e. The molecule has 5 heteroatoms. The maximum absolute atomic E-state index is 12.4. The lowest BCUT2D eigenvalue weighted by atomic mass is 9.89. The molecule has 24 heavy (non-hydrogen) atoms. The number of nitrogens with one attached hydrogen (secondary N) is 1. The molecule has 0 unspecified atom stereocenters. The van der Waals surface area contributed by atoms with Crippen molar-refractivity contribution in [2.24, 2.45) is 5.92 Å². The Balaban J connectivity index is 1.48. The van der Waals surface area contributed by atoms with E-state index in [1.54, 1.807) is 0 Å². The molecule has 0 bridgehead atoms. The number of amides is 2. The molecule has 2 aliphatic rings. The molecule has 0 saturated carbocycles. The zero-order valence-corrected chi connectivity index (χ0v) is 14.3. The van der Waals surface area contributed by atoms with Crippen molar-refractivity contribution in [3.05, 3.63) is 29.8 Å². The Labute approximate surface area is 143 Å². The number of ether oxygens (including phenoxy) is 1. The Morgan fingerprint density at radius 3 is 2.79 bits per heavy atom.